The Kier molecular flexibility index (Phi) is 5.51. The Morgan fingerprint density at radius 3 is 2.65 bits per heavy atom. The lowest BCUT2D eigenvalue weighted by Gasteiger charge is -2.14. The summed E-state index contributed by atoms with van der Waals surface area (Å²) in [7, 11) is 0. The van der Waals surface area contributed by atoms with Crippen LogP contribution in [0.25, 0.3) is 0 Å². The third kappa shape index (κ3) is 3.70. The fourth-order valence-electron chi connectivity index (χ4n) is 1.76. The summed E-state index contributed by atoms with van der Waals surface area (Å²) in [6.07, 6.45) is 1.15. The van der Waals surface area contributed by atoms with Crippen molar-refractivity contribution in [2.45, 2.75) is 19.8 Å². The Bertz CT molecular complexity index is 523. The van der Waals surface area contributed by atoms with Gasteiger partial charge in [0.05, 0.1) is 16.9 Å². The Balaban J connectivity index is 3.08. The van der Waals surface area contributed by atoms with Gasteiger partial charge in [0, 0.05) is 12.6 Å². The van der Waals surface area contributed by atoms with Crippen LogP contribution in [-0.4, -0.2) is 17.4 Å². The first-order chi connectivity index (χ1) is 9.40. The average Bonchev–Trinajstić information content (AvgIpc) is 2.38. The molecule has 8 heteroatoms. The number of rotatable bonds is 6. The molecule has 6 nitrogen and oxygen atoms in total. The lowest BCUT2D eigenvalue weighted by atomic mass is 10.0. The highest BCUT2D eigenvalue weighted by atomic mass is 19.1. The predicted octanol–water partition coefficient (Wildman–Crippen LogP) is 2.19. The highest BCUT2D eigenvalue weighted by Gasteiger charge is 2.25. The molecule has 0 aliphatic carbocycles. The fraction of sp³-hybridized carbons (Fsp3) is 0.417. The van der Waals surface area contributed by atoms with Gasteiger partial charge in [-0.1, -0.05) is 13.3 Å². The second-order valence-electron chi connectivity index (χ2n) is 4.25. The van der Waals surface area contributed by atoms with Gasteiger partial charge in [-0.25, -0.2) is 8.78 Å². The quantitative estimate of drug-likeness (QED) is 0.619. The van der Waals surface area contributed by atoms with Crippen molar-refractivity contribution in [3.05, 3.63) is 33.9 Å². The predicted molar refractivity (Wildman–Crippen MR) is 69.1 cm³/mol. The van der Waals surface area contributed by atoms with Crippen molar-refractivity contribution in [1.29, 1.82) is 0 Å². The summed E-state index contributed by atoms with van der Waals surface area (Å²) in [6, 6.07) is 1.02. The average molecular weight is 287 g/mol. The molecule has 0 heterocycles. The molecular formula is C12H15F2N3O3. The molecule has 1 unspecified atom stereocenters. The third-order valence-corrected chi connectivity index (χ3v) is 2.77. The zero-order chi connectivity index (χ0) is 15.3. The first kappa shape index (κ1) is 16.0. The van der Waals surface area contributed by atoms with E-state index < -0.39 is 39.8 Å². The molecule has 1 amide bonds. The molecule has 0 aliphatic rings. The first-order valence-corrected chi connectivity index (χ1v) is 6.05. The summed E-state index contributed by atoms with van der Waals surface area (Å²) in [5, 5.41) is 12.9. The van der Waals surface area contributed by atoms with Gasteiger partial charge in [0.15, 0.2) is 11.5 Å². The summed E-state index contributed by atoms with van der Waals surface area (Å²) < 4.78 is 26.6. The maximum atomic E-state index is 13.6. The Hall–Kier alpha value is -2.09. The van der Waals surface area contributed by atoms with Crippen LogP contribution in [0.2, 0.25) is 0 Å². The molecule has 0 saturated carbocycles. The fourth-order valence-corrected chi connectivity index (χ4v) is 1.76. The normalized spacial score (nSPS) is 12.0. The van der Waals surface area contributed by atoms with Crippen molar-refractivity contribution in [2.75, 3.05) is 11.9 Å². The molecule has 1 aromatic rings. The molecule has 0 saturated heterocycles. The minimum absolute atomic E-state index is 0.0380. The van der Waals surface area contributed by atoms with Crippen molar-refractivity contribution < 1.29 is 18.5 Å². The van der Waals surface area contributed by atoms with Crippen molar-refractivity contribution in [3.63, 3.8) is 0 Å². The van der Waals surface area contributed by atoms with Crippen LogP contribution in [0, 0.1) is 27.7 Å². The van der Waals surface area contributed by atoms with Crippen LogP contribution in [0.15, 0.2) is 12.1 Å². The SMILES string of the molecule is CCCC(CN)C(=O)Nc1c(F)cc(F)cc1[N+](=O)[O-]. The number of nitro groups is 1. The number of hydrogen-bond donors (Lipinski definition) is 2. The second-order valence-corrected chi connectivity index (χ2v) is 4.25. The number of carbonyl (C=O) groups excluding carboxylic acids is 1. The molecular weight excluding hydrogens is 272 g/mol. The molecule has 0 aliphatic heterocycles. The van der Waals surface area contributed by atoms with Crippen LogP contribution in [0.5, 0.6) is 0 Å². The summed E-state index contributed by atoms with van der Waals surface area (Å²) in [5.41, 5.74) is 3.95. The summed E-state index contributed by atoms with van der Waals surface area (Å²) in [6.45, 7) is 1.88. The van der Waals surface area contributed by atoms with Gasteiger partial charge in [-0.05, 0) is 6.42 Å². The standard InChI is InChI=1S/C12H15F2N3O3/c1-2-3-7(6-15)12(18)16-11-9(14)4-8(13)5-10(11)17(19)20/h4-5,7H,2-3,6,15H2,1H3,(H,16,18). The van der Waals surface area contributed by atoms with Gasteiger partial charge in [-0.3, -0.25) is 14.9 Å². The van der Waals surface area contributed by atoms with E-state index in [-0.39, 0.29) is 6.54 Å². The lowest BCUT2D eigenvalue weighted by molar-refractivity contribution is -0.384. The van der Waals surface area contributed by atoms with E-state index in [0.29, 0.717) is 25.0 Å². The Morgan fingerprint density at radius 2 is 2.15 bits per heavy atom. The minimum Gasteiger partial charge on any atom is -0.330 e. The molecule has 1 rings (SSSR count). The Morgan fingerprint density at radius 1 is 1.50 bits per heavy atom. The zero-order valence-corrected chi connectivity index (χ0v) is 10.9. The van der Waals surface area contributed by atoms with Gasteiger partial charge >= 0.3 is 0 Å². The zero-order valence-electron chi connectivity index (χ0n) is 10.9. The molecule has 0 fully saturated rings. The van der Waals surface area contributed by atoms with E-state index in [0.717, 1.165) is 0 Å². The third-order valence-electron chi connectivity index (χ3n) is 2.77. The highest BCUT2D eigenvalue weighted by Crippen LogP contribution is 2.29. The monoisotopic (exact) mass is 287 g/mol. The number of nitrogens with one attached hydrogen (secondary N) is 1. The largest absolute Gasteiger partial charge is 0.330 e. The van der Waals surface area contributed by atoms with Crippen LogP contribution in [0.3, 0.4) is 0 Å². The number of amides is 1. The van der Waals surface area contributed by atoms with Crippen molar-refractivity contribution >= 4 is 17.3 Å². The van der Waals surface area contributed by atoms with E-state index in [2.05, 4.69) is 5.32 Å². The van der Waals surface area contributed by atoms with E-state index >= 15 is 0 Å². The molecule has 1 atom stereocenters. The van der Waals surface area contributed by atoms with E-state index in [9.17, 15) is 23.7 Å². The lowest BCUT2D eigenvalue weighted by Crippen LogP contribution is -2.29. The van der Waals surface area contributed by atoms with E-state index in [4.69, 9.17) is 5.73 Å². The molecule has 110 valence electrons. The minimum atomic E-state index is -1.20. The highest BCUT2D eigenvalue weighted by molar-refractivity contribution is 5.95. The van der Waals surface area contributed by atoms with E-state index in [1.807, 2.05) is 6.92 Å². The summed E-state index contributed by atoms with van der Waals surface area (Å²) in [4.78, 5) is 21.7. The molecule has 20 heavy (non-hydrogen) atoms. The van der Waals surface area contributed by atoms with Crippen LogP contribution in [-0.2, 0) is 4.79 Å². The molecule has 1 aromatic carbocycles. The van der Waals surface area contributed by atoms with Crippen LogP contribution >= 0.6 is 0 Å². The first-order valence-electron chi connectivity index (χ1n) is 6.05. The molecule has 0 bridgehead atoms. The van der Waals surface area contributed by atoms with Gasteiger partial charge in [0.1, 0.15) is 5.82 Å². The number of hydrogen-bond acceptors (Lipinski definition) is 4. The number of nitro benzene ring substituents is 1. The number of nitrogens with zero attached hydrogens (tertiary/aromatic N) is 1. The van der Waals surface area contributed by atoms with Gasteiger partial charge < -0.3 is 11.1 Å². The smallest absolute Gasteiger partial charge is 0.298 e. The van der Waals surface area contributed by atoms with Gasteiger partial charge in [-0.2, -0.15) is 0 Å². The molecule has 0 spiro atoms. The van der Waals surface area contributed by atoms with Crippen LogP contribution in [0.4, 0.5) is 20.2 Å². The summed E-state index contributed by atoms with van der Waals surface area (Å²) in [5.74, 6) is -3.49. The van der Waals surface area contributed by atoms with E-state index in [1.165, 1.54) is 0 Å². The number of nitrogens with two attached hydrogens (primary N) is 1. The summed E-state index contributed by atoms with van der Waals surface area (Å²) >= 11 is 0. The van der Waals surface area contributed by atoms with Crippen molar-refractivity contribution in [1.82, 2.24) is 0 Å². The van der Waals surface area contributed by atoms with Gasteiger partial charge in [0.25, 0.3) is 5.69 Å². The number of halogens is 2. The second kappa shape index (κ2) is 6.90. The van der Waals surface area contributed by atoms with Crippen molar-refractivity contribution in [3.8, 4) is 0 Å². The van der Waals surface area contributed by atoms with Crippen LogP contribution < -0.4 is 11.1 Å². The molecule has 0 radical (unpaired) electrons. The molecule has 3 N–H and O–H groups in total. The van der Waals surface area contributed by atoms with Gasteiger partial charge in [-0.15, -0.1) is 0 Å². The number of carbonyl (C=O) groups is 1. The maximum absolute atomic E-state index is 13.6. The topological polar surface area (TPSA) is 98.3 Å². The number of anilines is 1. The molecule has 0 aromatic heterocycles. The maximum Gasteiger partial charge on any atom is 0.298 e. The number of benzene rings is 1. The van der Waals surface area contributed by atoms with Crippen LogP contribution in [0.1, 0.15) is 19.8 Å². The van der Waals surface area contributed by atoms with E-state index in [1.54, 1.807) is 0 Å². The van der Waals surface area contributed by atoms with Gasteiger partial charge in [0.2, 0.25) is 5.91 Å². The van der Waals surface area contributed by atoms with Crippen molar-refractivity contribution in [2.24, 2.45) is 11.7 Å². The Labute approximate surface area is 114 Å².